The molecule has 1 amide bonds. The van der Waals surface area contributed by atoms with E-state index in [1.807, 2.05) is 6.92 Å². The summed E-state index contributed by atoms with van der Waals surface area (Å²) in [6.07, 6.45) is 0. The minimum absolute atomic E-state index is 0.0772. The minimum Gasteiger partial charge on any atom is -0.508 e. The van der Waals surface area contributed by atoms with Crippen molar-refractivity contribution in [3.63, 3.8) is 0 Å². The van der Waals surface area contributed by atoms with E-state index in [0.29, 0.717) is 5.69 Å². The monoisotopic (exact) mass is 367 g/mol. The van der Waals surface area contributed by atoms with Gasteiger partial charge in [-0.1, -0.05) is 12.1 Å². The molecule has 0 aliphatic rings. The van der Waals surface area contributed by atoms with Crippen LogP contribution in [0.3, 0.4) is 0 Å². The van der Waals surface area contributed by atoms with Gasteiger partial charge in [0.05, 0.1) is 11.7 Å². The highest BCUT2D eigenvalue weighted by Crippen LogP contribution is 2.23. The zero-order valence-corrected chi connectivity index (χ0v) is 14.8. The molecule has 0 radical (unpaired) electrons. The van der Waals surface area contributed by atoms with Gasteiger partial charge in [-0.25, -0.2) is 4.39 Å². The van der Waals surface area contributed by atoms with Gasteiger partial charge in [0.25, 0.3) is 11.5 Å². The third-order valence-corrected chi connectivity index (χ3v) is 4.34. The van der Waals surface area contributed by atoms with Crippen LogP contribution in [0, 0.1) is 5.82 Å². The average Bonchev–Trinajstić information content (AvgIpc) is 2.67. The van der Waals surface area contributed by atoms with Crippen LogP contribution in [0.4, 0.5) is 4.39 Å². The zero-order valence-electron chi connectivity index (χ0n) is 14.8. The van der Waals surface area contributed by atoms with Crippen LogP contribution >= 0.6 is 0 Å². The molecule has 1 N–H and O–H groups in total. The molecular weight excluding hydrogens is 349 g/mol. The normalized spacial score (nSPS) is 11.8. The SMILES string of the molecule is CC(c1cccc(O)c1)N(C)C(=O)c1ccc(=O)n(-c2ccc(F)cc2)n1. The van der Waals surface area contributed by atoms with E-state index in [4.69, 9.17) is 0 Å². The molecule has 1 unspecified atom stereocenters. The maximum Gasteiger partial charge on any atom is 0.274 e. The Morgan fingerprint density at radius 1 is 1.15 bits per heavy atom. The second-order valence-corrected chi connectivity index (χ2v) is 6.13. The summed E-state index contributed by atoms with van der Waals surface area (Å²) >= 11 is 0. The summed E-state index contributed by atoms with van der Waals surface area (Å²) in [7, 11) is 1.62. The third-order valence-electron chi connectivity index (χ3n) is 4.34. The van der Waals surface area contributed by atoms with Gasteiger partial charge >= 0.3 is 0 Å². The number of halogens is 1. The van der Waals surface area contributed by atoms with Gasteiger partial charge in [0, 0.05) is 13.1 Å². The van der Waals surface area contributed by atoms with Crippen molar-refractivity contribution < 1.29 is 14.3 Å². The van der Waals surface area contributed by atoms with E-state index >= 15 is 0 Å². The molecule has 2 aromatic carbocycles. The zero-order chi connectivity index (χ0) is 19.6. The molecule has 1 heterocycles. The van der Waals surface area contributed by atoms with E-state index < -0.39 is 11.4 Å². The van der Waals surface area contributed by atoms with Gasteiger partial charge in [0.2, 0.25) is 0 Å². The van der Waals surface area contributed by atoms with Crippen molar-refractivity contribution in [2.45, 2.75) is 13.0 Å². The van der Waals surface area contributed by atoms with E-state index in [1.165, 1.54) is 41.3 Å². The summed E-state index contributed by atoms with van der Waals surface area (Å²) in [5.74, 6) is -0.705. The number of hydrogen-bond acceptors (Lipinski definition) is 4. The van der Waals surface area contributed by atoms with Crippen molar-refractivity contribution in [1.29, 1.82) is 0 Å². The molecule has 3 aromatic rings. The lowest BCUT2D eigenvalue weighted by Gasteiger charge is -2.25. The van der Waals surface area contributed by atoms with E-state index in [-0.39, 0.29) is 23.4 Å². The highest BCUT2D eigenvalue weighted by molar-refractivity contribution is 5.92. The Hall–Kier alpha value is -3.48. The Morgan fingerprint density at radius 3 is 2.52 bits per heavy atom. The summed E-state index contributed by atoms with van der Waals surface area (Å²) in [4.78, 5) is 26.4. The predicted molar refractivity (Wildman–Crippen MR) is 98.4 cm³/mol. The number of rotatable bonds is 4. The van der Waals surface area contributed by atoms with Gasteiger partial charge in [-0.05, 0) is 55.0 Å². The molecule has 3 rings (SSSR count). The van der Waals surface area contributed by atoms with Crippen molar-refractivity contribution in [3.05, 3.63) is 88.1 Å². The van der Waals surface area contributed by atoms with Crippen LogP contribution in [0.25, 0.3) is 5.69 Å². The first-order valence-corrected chi connectivity index (χ1v) is 8.29. The molecule has 0 aliphatic carbocycles. The molecule has 0 bridgehead atoms. The number of aromatic nitrogens is 2. The number of amides is 1. The Morgan fingerprint density at radius 2 is 1.85 bits per heavy atom. The lowest BCUT2D eigenvalue weighted by molar-refractivity contribution is 0.0734. The van der Waals surface area contributed by atoms with Gasteiger partial charge in [-0.15, -0.1) is 0 Å². The van der Waals surface area contributed by atoms with Crippen molar-refractivity contribution in [2.75, 3.05) is 7.05 Å². The summed E-state index contributed by atoms with van der Waals surface area (Å²) in [6, 6.07) is 14.2. The maximum absolute atomic E-state index is 13.1. The van der Waals surface area contributed by atoms with Gasteiger partial charge in [0.1, 0.15) is 17.3 Å². The molecule has 1 atom stereocenters. The lowest BCUT2D eigenvalue weighted by atomic mass is 10.1. The molecular formula is C20H18FN3O3. The number of carbonyl (C=O) groups excluding carboxylic acids is 1. The number of phenolic OH excluding ortho intramolecular Hbond substituents is 1. The first-order chi connectivity index (χ1) is 12.9. The van der Waals surface area contributed by atoms with Crippen LogP contribution in [-0.2, 0) is 0 Å². The molecule has 0 saturated heterocycles. The summed E-state index contributed by atoms with van der Waals surface area (Å²) in [5.41, 5.74) is 0.771. The van der Waals surface area contributed by atoms with E-state index in [9.17, 15) is 19.1 Å². The molecule has 138 valence electrons. The number of aromatic hydroxyl groups is 1. The largest absolute Gasteiger partial charge is 0.508 e. The van der Waals surface area contributed by atoms with Crippen molar-refractivity contribution >= 4 is 5.91 Å². The minimum atomic E-state index is -0.432. The second-order valence-electron chi connectivity index (χ2n) is 6.13. The smallest absolute Gasteiger partial charge is 0.274 e. The standard InChI is InChI=1S/C20H18FN3O3/c1-13(14-4-3-5-17(25)12-14)23(2)20(27)18-10-11-19(26)24(22-18)16-8-6-15(21)7-9-16/h3-13,25H,1-2H3. The summed E-state index contributed by atoms with van der Waals surface area (Å²) < 4.78 is 14.2. The van der Waals surface area contributed by atoms with E-state index in [2.05, 4.69) is 5.10 Å². The Labute approximate surface area is 155 Å². The molecule has 27 heavy (non-hydrogen) atoms. The molecule has 0 saturated carbocycles. The van der Waals surface area contributed by atoms with E-state index in [0.717, 1.165) is 10.2 Å². The van der Waals surface area contributed by atoms with Crippen LogP contribution < -0.4 is 5.56 Å². The first-order valence-electron chi connectivity index (χ1n) is 8.29. The Balaban J connectivity index is 1.91. The number of hydrogen-bond donors (Lipinski definition) is 1. The maximum atomic E-state index is 13.1. The first kappa shape index (κ1) is 18.3. The highest BCUT2D eigenvalue weighted by atomic mass is 19.1. The predicted octanol–water partition coefficient (Wildman–Crippen LogP) is 2.91. The number of benzene rings is 2. The molecule has 0 aliphatic heterocycles. The van der Waals surface area contributed by atoms with Crippen molar-refractivity contribution in [2.24, 2.45) is 0 Å². The van der Waals surface area contributed by atoms with Crippen LogP contribution in [0.1, 0.15) is 29.0 Å². The van der Waals surface area contributed by atoms with Crippen LogP contribution in [0.2, 0.25) is 0 Å². The second kappa shape index (κ2) is 7.41. The van der Waals surface area contributed by atoms with Crippen LogP contribution in [0.15, 0.2) is 65.5 Å². The fourth-order valence-electron chi connectivity index (χ4n) is 2.66. The quantitative estimate of drug-likeness (QED) is 0.769. The van der Waals surface area contributed by atoms with Crippen molar-refractivity contribution in [1.82, 2.24) is 14.7 Å². The van der Waals surface area contributed by atoms with E-state index in [1.54, 1.807) is 31.3 Å². The summed E-state index contributed by atoms with van der Waals surface area (Å²) in [5, 5.41) is 13.8. The van der Waals surface area contributed by atoms with Gasteiger partial charge < -0.3 is 10.0 Å². The summed E-state index contributed by atoms with van der Waals surface area (Å²) in [6.45, 7) is 1.82. The third kappa shape index (κ3) is 3.87. The van der Waals surface area contributed by atoms with Crippen LogP contribution in [0.5, 0.6) is 5.75 Å². The average molecular weight is 367 g/mol. The van der Waals surface area contributed by atoms with Gasteiger partial charge in [-0.3, -0.25) is 9.59 Å². The fourth-order valence-corrected chi connectivity index (χ4v) is 2.66. The molecule has 7 heteroatoms. The molecule has 6 nitrogen and oxygen atoms in total. The topological polar surface area (TPSA) is 75.4 Å². The molecule has 0 fully saturated rings. The van der Waals surface area contributed by atoms with Gasteiger partial charge in [0.15, 0.2) is 0 Å². The number of nitrogens with zero attached hydrogens (tertiary/aromatic N) is 3. The Kier molecular flexibility index (Phi) is 5.03. The fraction of sp³-hybridized carbons (Fsp3) is 0.150. The number of phenols is 1. The Bertz CT molecular complexity index is 1030. The molecule has 0 spiro atoms. The highest BCUT2D eigenvalue weighted by Gasteiger charge is 2.21. The van der Waals surface area contributed by atoms with Crippen molar-refractivity contribution in [3.8, 4) is 11.4 Å². The number of carbonyl (C=O) groups is 1. The van der Waals surface area contributed by atoms with Gasteiger partial charge in [-0.2, -0.15) is 9.78 Å². The lowest BCUT2D eigenvalue weighted by Crippen LogP contribution is -2.32. The van der Waals surface area contributed by atoms with Crippen LogP contribution in [-0.4, -0.2) is 32.7 Å². The molecule has 1 aromatic heterocycles.